The molecule has 0 spiro atoms. The first-order valence-corrected chi connectivity index (χ1v) is 6.82. The van der Waals surface area contributed by atoms with E-state index in [0.29, 0.717) is 6.42 Å². The van der Waals surface area contributed by atoms with Gasteiger partial charge in [-0.1, -0.05) is 0 Å². The third-order valence-corrected chi connectivity index (χ3v) is 4.26. The van der Waals surface area contributed by atoms with E-state index in [9.17, 15) is 8.42 Å². The topological polar surface area (TPSA) is 94.3 Å². The number of nitriles is 1. The third-order valence-electron chi connectivity index (χ3n) is 2.42. The predicted octanol–water partition coefficient (Wildman–Crippen LogP) is 0.345. The number of sulfonamides is 1. The number of aliphatic hydroxyl groups is 1. The SMILES string of the molecule is CC(O)CCN(C)S(=O)(=O)c1ccc(C#N)nc1. The maximum absolute atomic E-state index is 12.1. The molecule has 1 N–H and O–H groups in total. The third kappa shape index (κ3) is 3.50. The molecule has 1 heterocycles. The van der Waals surface area contributed by atoms with E-state index in [4.69, 9.17) is 10.4 Å². The van der Waals surface area contributed by atoms with Crippen molar-refractivity contribution < 1.29 is 13.5 Å². The first kappa shape index (κ1) is 14.6. The van der Waals surface area contributed by atoms with E-state index >= 15 is 0 Å². The molecule has 0 bridgehead atoms. The van der Waals surface area contributed by atoms with E-state index in [1.54, 1.807) is 6.92 Å². The van der Waals surface area contributed by atoms with Crippen molar-refractivity contribution in [1.29, 1.82) is 5.26 Å². The standard InChI is InChI=1S/C11H15N3O3S/c1-9(15)5-6-14(2)18(16,17)11-4-3-10(7-12)13-8-11/h3-4,8-9,15H,5-6H2,1-2H3. The van der Waals surface area contributed by atoms with Gasteiger partial charge in [-0.05, 0) is 25.5 Å². The summed E-state index contributed by atoms with van der Waals surface area (Å²) in [6.45, 7) is 1.82. The molecule has 0 saturated heterocycles. The lowest BCUT2D eigenvalue weighted by Gasteiger charge is -2.17. The minimum atomic E-state index is -3.61. The zero-order valence-electron chi connectivity index (χ0n) is 10.2. The van der Waals surface area contributed by atoms with Crippen LogP contribution in [0, 0.1) is 11.3 Å². The number of pyridine rings is 1. The lowest BCUT2D eigenvalue weighted by atomic mass is 10.3. The molecule has 6 nitrogen and oxygen atoms in total. The fourth-order valence-corrected chi connectivity index (χ4v) is 2.40. The lowest BCUT2D eigenvalue weighted by molar-refractivity contribution is 0.177. The van der Waals surface area contributed by atoms with Crippen molar-refractivity contribution in [2.24, 2.45) is 0 Å². The molecule has 0 aliphatic rings. The summed E-state index contributed by atoms with van der Waals surface area (Å²) in [5.74, 6) is 0. The van der Waals surface area contributed by atoms with Crippen LogP contribution in [0.2, 0.25) is 0 Å². The van der Waals surface area contributed by atoms with Crippen LogP contribution in [-0.4, -0.2) is 42.5 Å². The van der Waals surface area contributed by atoms with E-state index in [1.807, 2.05) is 6.07 Å². The Kier molecular flexibility index (Phi) is 4.78. The first-order chi connectivity index (χ1) is 8.37. The minimum Gasteiger partial charge on any atom is -0.393 e. The van der Waals surface area contributed by atoms with E-state index in [0.717, 1.165) is 10.5 Å². The summed E-state index contributed by atoms with van der Waals surface area (Å²) in [4.78, 5) is 3.76. The fraction of sp³-hybridized carbons (Fsp3) is 0.455. The number of hydrogen-bond acceptors (Lipinski definition) is 5. The highest BCUT2D eigenvalue weighted by atomic mass is 32.2. The van der Waals surface area contributed by atoms with Gasteiger partial charge in [-0.3, -0.25) is 0 Å². The van der Waals surface area contributed by atoms with Gasteiger partial charge in [-0.2, -0.15) is 5.26 Å². The summed E-state index contributed by atoms with van der Waals surface area (Å²) in [7, 11) is -2.17. The van der Waals surface area contributed by atoms with Crippen molar-refractivity contribution in [3.63, 3.8) is 0 Å². The Bertz CT molecular complexity index is 532. The second kappa shape index (κ2) is 5.91. The summed E-state index contributed by atoms with van der Waals surface area (Å²) in [6.07, 6.45) is 0.966. The Morgan fingerprint density at radius 2 is 2.22 bits per heavy atom. The van der Waals surface area contributed by atoms with Gasteiger partial charge in [0.05, 0.1) is 6.10 Å². The molecular weight excluding hydrogens is 254 g/mol. The largest absolute Gasteiger partial charge is 0.393 e. The van der Waals surface area contributed by atoms with Crippen molar-refractivity contribution >= 4 is 10.0 Å². The minimum absolute atomic E-state index is 0.0367. The van der Waals surface area contributed by atoms with Crippen LogP contribution in [0.3, 0.4) is 0 Å². The summed E-state index contributed by atoms with van der Waals surface area (Å²) in [5, 5.41) is 17.7. The zero-order valence-corrected chi connectivity index (χ0v) is 11.1. The van der Waals surface area contributed by atoms with Gasteiger partial charge in [0.25, 0.3) is 0 Å². The number of nitrogens with zero attached hydrogens (tertiary/aromatic N) is 3. The number of aliphatic hydroxyl groups excluding tert-OH is 1. The molecule has 7 heteroatoms. The Balaban J connectivity index is 2.88. The van der Waals surface area contributed by atoms with Crippen LogP contribution >= 0.6 is 0 Å². The van der Waals surface area contributed by atoms with Crippen LogP contribution in [0.15, 0.2) is 23.2 Å². The molecule has 0 aromatic carbocycles. The molecule has 1 unspecified atom stereocenters. The Labute approximate surface area is 107 Å². The average molecular weight is 269 g/mol. The van der Waals surface area contributed by atoms with Gasteiger partial charge in [-0.15, -0.1) is 0 Å². The predicted molar refractivity (Wildman–Crippen MR) is 65.1 cm³/mol. The Morgan fingerprint density at radius 1 is 1.56 bits per heavy atom. The summed E-state index contributed by atoms with van der Waals surface area (Å²) >= 11 is 0. The van der Waals surface area contributed by atoms with Gasteiger partial charge < -0.3 is 5.11 Å². The first-order valence-electron chi connectivity index (χ1n) is 5.38. The normalized spacial score (nSPS) is 13.3. The summed E-state index contributed by atoms with van der Waals surface area (Å²) in [5.41, 5.74) is 0.167. The lowest BCUT2D eigenvalue weighted by Crippen LogP contribution is -2.29. The molecule has 18 heavy (non-hydrogen) atoms. The molecule has 0 aliphatic heterocycles. The van der Waals surface area contributed by atoms with Gasteiger partial charge in [-0.25, -0.2) is 17.7 Å². The molecule has 0 fully saturated rings. The van der Waals surface area contributed by atoms with Gasteiger partial charge >= 0.3 is 0 Å². The zero-order chi connectivity index (χ0) is 13.8. The van der Waals surface area contributed by atoms with Crippen LogP contribution in [-0.2, 0) is 10.0 Å². The van der Waals surface area contributed by atoms with Gasteiger partial charge in [0.15, 0.2) is 0 Å². The maximum atomic E-state index is 12.1. The molecule has 0 amide bonds. The van der Waals surface area contributed by atoms with Crippen LogP contribution in [0.5, 0.6) is 0 Å². The average Bonchev–Trinajstić information content (AvgIpc) is 2.35. The summed E-state index contributed by atoms with van der Waals surface area (Å²) in [6, 6.07) is 4.53. The summed E-state index contributed by atoms with van der Waals surface area (Å²) < 4.78 is 25.3. The van der Waals surface area contributed by atoms with Crippen molar-refractivity contribution in [3.05, 3.63) is 24.0 Å². The second-order valence-corrected chi connectivity index (χ2v) is 6.00. The van der Waals surface area contributed by atoms with Gasteiger partial charge in [0.1, 0.15) is 16.7 Å². The number of rotatable bonds is 5. The smallest absolute Gasteiger partial charge is 0.244 e. The van der Waals surface area contributed by atoms with Crippen LogP contribution in [0.1, 0.15) is 19.0 Å². The molecule has 0 saturated carbocycles. The number of hydrogen-bond donors (Lipinski definition) is 1. The van der Waals surface area contributed by atoms with Gasteiger partial charge in [0.2, 0.25) is 10.0 Å². The van der Waals surface area contributed by atoms with Crippen LogP contribution in [0.25, 0.3) is 0 Å². The van der Waals surface area contributed by atoms with Gasteiger partial charge in [0, 0.05) is 19.8 Å². The molecule has 0 aliphatic carbocycles. The molecule has 1 aromatic heterocycles. The molecular formula is C11H15N3O3S. The van der Waals surface area contributed by atoms with E-state index in [2.05, 4.69) is 4.98 Å². The molecule has 1 rings (SSSR count). The highest BCUT2D eigenvalue weighted by Gasteiger charge is 2.21. The van der Waals surface area contributed by atoms with Crippen molar-refractivity contribution in [1.82, 2.24) is 9.29 Å². The van der Waals surface area contributed by atoms with Crippen molar-refractivity contribution in [3.8, 4) is 6.07 Å². The van der Waals surface area contributed by atoms with Crippen LogP contribution in [0.4, 0.5) is 0 Å². The fourth-order valence-electron chi connectivity index (χ4n) is 1.27. The Morgan fingerprint density at radius 3 is 2.67 bits per heavy atom. The molecule has 98 valence electrons. The highest BCUT2D eigenvalue weighted by Crippen LogP contribution is 2.13. The van der Waals surface area contributed by atoms with Crippen molar-refractivity contribution in [2.75, 3.05) is 13.6 Å². The van der Waals surface area contributed by atoms with E-state index in [1.165, 1.54) is 19.2 Å². The highest BCUT2D eigenvalue weighted by molar-refractivity contribution is 7.89. The molecule has 1 atom stereocenters. The second-order valence-electron chi connectivity index (χ2n) is 3.96. The quantitative estimate of drug-likeness (QED) is 0.832. The molecule has 0 radical (unpaired) electrons. The van der Waals surface area contributed by atoms with E-state index in [-0.39, 0.29) is 17.1 Å². The van der Waals surface area contributed by atoms with E-state index < -0.39 is 16.1 Å². The monoisotopic (exact) mass is 269 g/mol. The number of aromatic nitrogens is 1. The van der Waals surface area contributed by atoms with Crippen molar-refractivity contribution in [2.45, 2.75) is 24.3 Å². The molecule has 1 aromatic rings. The Hall–Kier alpha value is -1.49. The van der Waals surface area contributed by atoms with Crippen LogP contribution < -0.4 is 0 Å². The maximum Gasteiger partial charge on any atom is 0.244 e.